The molecule has 0 bridgehead atoms. The van der Waals surface area contributed by atoms with E-state index in [0.29, 0.717) is 22.9 Å². The third-order valence-electron chi connectivity index (χ3n) is 6.20. The number of imidazole rings is 1. The van der Waals surface area contributed by atoms with Gasteiger partial charge in [-0.2, -0.15) is 8.78 Å². The first kappa shape index (κ1) is 25.7. The van der Waals surface area contributed by atoms with Crippen molar-refractivity contribution in [2.75, 3.05) is 6.26 Å². The molecule has 5 rings (SSSR count). The van der Waals surface area contributed by atoms with E-state index in [1.807, 2.05) is 48.2 Å². The van der Waals surface area contributed by atoms with E-state index < -0.39 is 6.61 Å². The molecule has 0 atom stereocenters. The van der Waals surface area contributed by atoms with Crippen LogP contribution in [0, 0.1) is 13.8 Å². The lowest BCUT2D eigenvalue weighted by atomic mass is 9.97. The van der Waals surface area contributed by atoms with Gasteiger partial charge >= 0.3 is 6.61 Å². The number of benzene rings is 3. The van der Waals surface area contributed by atoms with Crippen LogP contribution in [0.3, 0.4) is 0 Å². The van der Waals surface area contributed by atoms with Crippen molar-refractivity contribution < 1.29 is 23.0 Å². The van der Waals surface area contributed by atoms with Crippen molar-refractivity contribution >= 4 is 11.8 Å². The molecule has 0 aliphatic carbocycles. The molecular weight excluding hydrogens is 508 g/mol. The zero-order valence-electron chi connectivity index (χ0n) is 21.0. The minimum absolute atomic E-state index is 0.0245. The molecule has 0 radical (unpaired) electrons. The van der Waals surface area contributed by atoms with Crippen LogP contribution in [0.25, 0.3) is 39.4 Å². The molecule has 0 fully saturated rings. The lowest BCUT2D eigenvalue weighted by molar-refractivity contribution is -0.0498. The van der Waals surface area contributed by atoms with Crippen LogP contribution in [0.2, 0.25) is 0 Å². The summed E-state index contributed by atoms with van der Waals surface area (Å²) in [5, 5.41) is 9.69. The maximum atomic E-state index is 12.6. The molecular formula is C29H25F2N3O3S. The molecule has 0 aliphatic rings. The highest BCUT2D eigenvalue weighted by Crippen LogP contribution is 2.39. The Morgan fingerprint density at radius 1 is 1.00 bits per heavy atom. The molecule has 2 heterocycles. The number of rotatable bonds is 8. The first-order chi connectivity index (χ1) is 18.4. The van der Waals surface area contributed by atoms with Crippen LogP contribution >= 0.6 is 11.8 Å². The second kappa shape index (κ2) is 10.8. The minimum atomic E-state index is -2.90. The van der Waals surface area contributed by atoms with Crippen molar-refractivity contribution in [3.63, 3.8) is 0 Å². The number of halogens is 2. The lowest BCUT2D eigenvalue weighted by Gasteiger charge is -2.15. The number of oxazole rings is 1. The number of ether oxygens (including phenoxy) is 1. The SMILES string of the molecule is CSc1cc(-c2ccc(-n3ccnc3C)c(-c3nc(C)oc3-c3ccc(OC(F)F)cc3)c2)ccc1CO. The van der Waals surface area contributed by atoms with Crippen LogP contribution in [0.15, 0.2) is 82.4 Å². The van der Waals surface area contributed by atoms with Crippen LogP contribution in [-0.4, -0.2) is 32.5 Å². The number of thioether (sulfide) groups is 1. The molecule has 6 nitrogen and oxygen atoms in total. The van der Waals surface area contributed by atoms with Gasteiger partial charge in [0, 0.05) is 35.3 Å². The average molecular weight is 534 g/mol. The standard InChI is InChI=1S/C29H25F2N3O3S/c1-17-32-12-13-34(17)25-11-8-20(21-4-5-22(16-35)26(15-21)38-3)14-24(25)27-28(36-18(2)33-27)19-6-9-23(10-7-19)37-29(30)31/h4-15,29,35H,16H2,1-3H3. The van der Waals surface area contributed by atoms with Crippen molar-refractivity contribution in [1.29, 1.82) is 0 Å². The first-order valence-corrected chi connectivity index (χ1v) is 13.1. The first-order valence-electron chi connectivity index (χ1n) is 11.8. The number of hydrogen-bond acceptors (Lipinski definition) is 6. The van der Waals surface area contributed by atoms with E-state index in [0.717, 1.165) is 38.7 Å². The van der Waals surface area contributed by atoms with Gasteiger partial charge < -0.3 is 18.8 Å². The normalized spacial score (nSPS) is 11.3. The van der Waals surface area contributed by atoms with E-state index >= 15 is 0 Å². The summed E-state index contributed by atoms with van der Waals surface area (Å²) in [6.45, 7) is 0.771. The smallest absolute Gasteiger partial charge is 0.387 e. The van der Waals surface area contributed by atoms with Crippen molar-refractivity contribution in [3.8, 4) is 45.1 Å². The third kappa shape index (κ3) is 5.07. The largest absolute Gasteiger partial charge is 0.440 e. The number of hydrogen-bond donors (Lipinski definition) is 1. The number of nitrogens with zero attached hydrogens (tertiary/aromatic N) is 3. The lowest BCUT2D eigenvalue weighted by Crippen LogP contribution is -2.01. The molecule has 38 heavy (non-hydrogen) atoms. The summed E-state index contributed by atoms with van der Waals surface area (Å²) in [6, 6.07) is 18.4. The van der Waals surface area contributed by atoms with Crippen molar-refractivity contribution in [1.82, 2.24) is 14.5 Å². The Balaban J connectivity index is 1.68. The summed E-state index contributed by atoms with van der Waals surface area (Å²) in [5.41, 5.74) is 5.82. The van der Waals surface area contributed by atoms with Crippen molar-refractivity contribution in [3.05, 3.63) is 90.3 Å². The number of aliphatic hydroxyl groups excluding tert-OH is 1. The fourth-order valence-corrected chi connectivity index (χ4v) is 5.04. The number of aliphatic hydroxyl groups is 1. The Kier molecular flexibility index (Phi) is 7.31. The maximum Gasteiger partial charge on any atom is 0.387 e. The monoisotopic (exact) mass is 533 g/mol. The summed E-state index contributed by atoms with van der Waals surface area (Å²) in [7, 11) is 0. The zero-order valence-corrected chi connectivity index (χ0v) is 21.8. The molecule has 0 spiro atoms. The average Bonchev–Trinajstić information content (AvgIpc) is 3.53. The summed E-state index contributed by atoms with van der Waals surface area (Å²) >= 11 is 1.58. The van der Waals surface area contributed by atoms with Crippen LogP contribution in [0.1, 0.15) is 17.3 Å². The molecule has 9 heteroatoms. The van der Waals surface area contributed by atoms with Crippen LogP contribution in [0.5, 0.6) is 5.75 Å². The van der Waals surface area contributed by atoms with Gasteiger partial charge in [0.15, 0.2) is 11.7 Å². The number of alkyl halides is 2. The topological polar surface area (TPSA) is 73.3 Å². The number of aryl methyl sites for hydroxylation is 2. The van der Waals surface area contributed by atoms with Gasteiger partial charge in [-0.15, -0.1) is 11.8 Å². The summed E-state index contributed by atoms with van der Waals surface area (Å²) < 4.78 is 37.8. The van der Waals surface area contributed by atoms with Gasteiger partial charge in [0.2, 0.25) is 0 Å². The molecule has 0 saturated heterocycles. The number of aromatic nitrogens is 3. The second-order valence-electron chi connectivity index (χ2n) is 8.57. The predicted octanol–water partition coefficient (Wildman–Crippen LogP) is 7.29. The third-order valence-corrected chi connectivity index (χ3v) is 7.02. The van der Waals surface area contributed by atoms with Gasteiger partial charge in [0.25, 0.3) is 0 Å². The fraction of sp³-hybridized carbons (Fsp3) is 0.172. The van der Waals surface area contributed by atoms with Gasteiger partial charge in [-0.05, 0) is 72.3 Å². The Morgan fingerprint density at radius 2 is 1.71 bits per heavy atom. The van der Waals surface area contributed by atoms with Crippen molar-refractivity contribution in [2.45, 2.75) is 32.0 Å². The van der Waals surface area contributed by atoms with Gasteiger partial charge in [-0.25, -0.2) is 9.97 Å². The predicted molar refractivity (Wildman–Crippen MR) is 144 cm³/mol. The quantitative estimate of drug-likeness (QED) is 0.211. The molecule has 3 aromatic carbocycles. The van der Waals surface area contributed by atoms with E-state index in [-0.39, 0.29) is 12.4 Å². The van der Waals surface area contributed by atoms with E-state index in [1.54, 1.807) is 37.0 Å². The Morgan fingerprint density at radius 3 is 2.37 bits per heavy atom. The molecule has 1 N–H and O–H groups in total. The molecule has 194 valence electrons. The van der Waals surface area contributed by atoms with Crippen LogP contribution in [-0.2, 0) is 6.61 Å². The van der Waals surface area contributed by atoms with Gasteiger partial charge in [0.1, 0.15) is 17.3 Å². The molecule has 0 saturated carbocycles. The van der Waals surface area contributed by atoms with Crippen molar-refractivity contribution in [2.24, 2.45) is 0 Å². The summed E-state index contributed by atoms with van der Waals surface area (Å²) in [6.07, 6.45) is 5.61. The van der Waals surface area contributed by atoms with E-state index in [4.69, 9.17) is 9.40 Å². The van der Waals surface area contributed by atoms with E-state index in [9.17, 15) is 13.9 Å². The highest BCUT2D eigenvalue weighted by molar-refractivity contribution is 7.98. The second-order valence-corrected chi connectivity index (χ2v) is 9.42. The van der Waals surface area contributed by atoms with E-state index in [2.05, 4.69) is 21.9 Å². The molecule has 5 aromatic rings. The molecule has 2 aromatic heterocycles. The van der Waals surface area contributed by atoms with Crippen LogP contribution < -0.4 is 4.74 Å². The highest BCUT2D eigenvalue weighted by Gasteiger charge is 2.21. The molecule has 0 aliphatic heterocycles. The van der Waals surface area contributed by atoms with Gasteiger partial charge in [0.05, 0.1) is 12.3 Å². The highest BCUT2D eigenvalue weighted by atomic mass is 32.2. The fourth-order valence-electron chi connectivity index (χ4n) is 4.40. The summed E-state index contributed by atoms with van der Waals surface area (Å²) in [4.78, 5) is 10.1. The van der Waals surface area contributed by atoms with Crippen LogP contribution in [0.4, 0.5) is 8.78 Å². The Hall–Kier alpha value is -3.95. The zero-order chi connectivity index (χ0) is 26.8. The maximum absolute atomic E-state index is 12.6. The molecule has 0 amide bonds. The Bertz CT molecular complexity index is 1580. The minimum Gasteiger partial charge on any atom is -0.440 e. The van der Waals surface area contributed by atoms with Gasteiger partial charge in [-0.1, -0.05) is 18.2 Å². The van der Waals surface area contributed by atoms with Gasteiger partial charge in [-0.3, -0.25) is 0 Å². The summed E-state index contributed by atoms with van der Waals surface area (Å²) in [5.74, 6) is 1.86. The van der Waals surface area contributed by atoms with E-state index in [1.165, 1.54) is 12.1 Å². The molecule has 0 unspecified atom stereocenters. The Labute approximate surface area is 222 Å².